The molecule has 22 heavy (non-hydrogen) atoms. The Labute approximate surface area is 134 Å². The van der Waals surface area contributed by atoms with E-state index in [-0.39, 0.29) is 24.3 Å². The molecule has 0 unspecified atom stereocenters. The van der Waals surface area contributed by atoms with Gasteiger partial charge in [0.15, 0.2) is 0 Å². The molecule has 0 spiro atoms. The van der Waals surface area contributed by atoms with E-state index in [1.807, 2.05) is 12.3 Å². The minimum absolute atomic E-state index is 0.0608. The zero-order valence-corrected chi connectivity index (χ0v) is 13.6. The summed E-state index contributed by atoms with van der Waals surface area (Å²) in [6, 6.07) is 6.55. The second-order valence-corrected chi connectivity index (χ2v) is 6.09. The van der Waals surface area contributed by atoms with Crippen molar-refractivity contribution in [3.63, 3.8) is 0 Å². The van der Waals surface area contributed by atoms with Crippen molar-refractivity contribution in [1.82, 2.24) is 15.2 Å². The Kier molecular flexibility index (Phi) is 6.03. The van der Waals surface area contributed by atoms with Gasteiger partial charge in [-0.05, 0) is 19.5 Å². The van der Waals surface area contributed by atoms with Crippen LogP contribution in [0.5, 0.6) is 0 Å². The van der Waals surface area contributed by atoms with Gasteiger partial charge in [0.05, 0.1) is 12.6 Å². The number of thiazole rings is 1. The summed E-state index contributed by atoms with van der Waals surface area (Å²) in [5.74, 6) is -0.329. The molecule has 1 N–H and O–H groups in total. The van der Waals surface area contributed by atoms with Crippen molar-refractivity contribution < 1.29 is 9.18 Å². The van der Waals surface area contributed by atoms with E-state index in [4.69, 9.17) is 0 Å². The number of rotatable bonds is 7. The summed E-state index contributed by atoms with van der Waals surface area (Å²) >= 11 is 1.53. The van der Waals surface area contributed by atoms with Crippen LogP contribution in [-0.4, -0.2) is 29.4 Å². The molecule has 0 fully saturated rings. The summed E-state index contributed by atoms with van der Waals surface area (Å²) in [6.07, 6.45) is 2.52. The summed E-state index contributed by atoms with van der Waals surface area (Å²) in [5.41, 5.74) is 0.588. The third-order valence-electron chi connectivity index (χ3n) is 3.30. The number of likely N-dealkylation sites (N-methyl/N-ethyl adjacent to an activating group) is 1. The molecule has 6 heteroatoms. The smallest absolute Gasteiger partial charge is 0.234 e. The lowest BCUT2D eigenvalue weighted by Crippen LogP contribution is -2.37. The van der Waals surface area contributed by atoms with Gasteiger partial charge < -0.3 is 5.32 Å². The van der Waals surface area contributed by atoms with Crippen molar-refractivity contribution in [3.05, 3.63) is 52.2 Å². The molecule has 0 bridgehead atoms. The minimum Gasteiger partial charge on any atom is -0.346 e. The molecule has 4 nitrogen and oxygen atoms in total. The van der Waals surface area contributed by atoms with Crippen LogP contribution in [0.4, 0.5) is 4.39 Å². The van der Waals surface area contributed by atoms with Crippen molar-refractivity contribution in [2.75, 3.05) is 13.6 Å². The molecule has 0 saturated heterocycles. The van der Waals surface area contributed by atoms with E-state index in [0.717, 1.165) is 11.4 Å². The second-order valence-electron chi connectivity index (χ2n) is 5.16. The highest BCUT2D eigenvalue weighted by Gasteiger charge is 2.16. The molecule has 0 radical (unpaired) electrons. The third kappa shape index (κ3) is 4.61. The second kappa shape index (κ2) is 8.00. The van der Waals surface area contributed by atoms with Gasteiger partial charge in [0.25, 0.3) is 0 Å². The van der Waals surface area contributed by atoms with E-state index in [2.05, 4.69) is 10.3 Å². The number of halogens is 1. The number of nitrogens with one attached hydrogen (secondary N) is 1. The number of hydrogen-bond acceptors (Lipinski definition) is 4. The van der Waals surface area contributed by atoms with Gasteiger partial charge in [-0.15, -0.1) is 11.3 Å². The monoisotopic (exact) mass is 321 g/mol. The zero-order chi connectivity index (χ0) is 15.9. The van der Waals surface area contributed by atoms with Gasteiger partial charge in [-0.25, -0.2) is 9.37 Å². The van der Waals surface area contributed by atoms with Crippen LogP contribution >= 0.6 is 11.3 Å². The maximum atomic E-state index is 13.6. The Morgan fingerprint density at radius 2 is 2.23 bits per heavy atom. The Morgan fingerprint density at radius 1 is 1.45 bits per heavy atom. The van der Waals surface area contributed by atoms with Crippen LogP contribution in [0.3, 0.4) is 0 Å². The normalized spacial score (nSPS) is 12.4. The highest BCUT2D eigenvalue weighted by Crippen LogP contribution is 2.18. The van der Waals surface area contributed by atoms with E-state index in [1.54, 1.807) is 36.3 Å². The van der Waals surface area contributed by atoms with E-state index in [9.17, 15) is 9.18 Å². The standard InChI is InChI=1S/C16H20FN3OS/c1-3-14(16-18-8-9-22-16)19-15(21)11-20(2)10-12-6-4-5-7-13(12)17/h4-9,14H,3,10-11H2,1-2H3,(H,19,21)/t14-/m0/s1. The van der Waals surface area contributed by atoms with Crippen LogP contribution in [-0.2, 0) is 11.3 Å². The van der Waals surface area contributed by atoms with Crippen LogP contribution in [0.25, 0.3) is 0 Å². The van der Waals surface area contributed by atoms with Crippen molar-refractivity contribution in [2.24, 2.45) is 0 Å². The summed E-state index contributed by atoms with van der Waals surface area (Å²) < 4.78 is 13.6. The molecular formula is C16H20FN3OS. The molecule has 0 saturated carbocycles. The molecule has 0 aliphatic heterocycles. The SMILES string of the molecule is CC[C@H](NC(=O)CN(C)Cc1ccccc1F)c1nccs1. The first kappa shape index (κ1) is 16.6. The first-order chi connectivity index (χ1) is 10.6. The molecule has 2 aromatic rings. The minimum atomic E-state index is -0.246. The summed E-state index contributed by atoms with van der Waals surface area (Å²) in [6.45, 7) is 2.62. The third-order valence-corrected chi connectivity index (χ3v) is 4.19. The van der Waals surface area contributed by atoms with Crippen LogP contribution < -0.4 is 5.32 Å². The average Bonchev–Trinajstić information content (AvgIpc) is 3.01. The highest BCUT2D eigenvalue weighted by molar-refractivity contribution is 7.09. The molecule has 0 aliphatic rings. The number of hydrogen-bond donors (Lipinski definition) is 1. The fourth-order valence-electron chi connectivity index (χ4n) is 2.20. The molecule has 118 valence electrons. The molecule has 1 aromatic carbocycles. The topological polar surface area (TPSA) is 45.2 Å². The van der Waals surface area contributed by atoms with Crippen LogP contribution in [0, 0.1) is 5.82 Å². The molecule has 1 atom stereocenters. The number of amides is 1. The number of nitrogens with zero attached hydrogens (tertiary/aromatic N) is 2. The van der Waals surface area contributed by atoms with Crippen LogP contribution in [0.15, 0.2) is 35.8 Å². The first-order valence-electron chi connectivity index (χ1n) is 7.20. The van der Waals surface area contributed by atoms with Gasteiger partial charge in [0.2, 0.25) is 5.91 Å². The maximum Gasteiger partial charge on any atom is 0.234 e. The molecule has 1 aromatic heterocycles. The van der Waals surface area contributed by atoms with Gasteiger partial charge in [-0.3, -0.25) is 9.69 Å². The lowest BCUT2D eigenvalue weighted by molar-refractivity contribution is -0.122. The summed E-state index contributed by atoms with van der Waals surface area (Å²) in [5, 5.41) is 5.78. The Bertz CT molecular complexity index is 603. The first-order valence-corrected chi connectivity index (χ1v) is 8.08. The lowest BCUT2D eigenvalue weighted by atomic mass is 10.2. The summed E-state index contributed by atoms with van der Waals surface area (Å²) in [7, 11) is 1.80. The lowest BCUT2D eigenvalue weighted by Gasteiger charge is -2.19. The van der Waals surface area contributed by atoms with Crippen molar-refractivity contribution in [1.29, 1.82) is 0 Å². The highest BCUT2D eigenvalue weighted by atomic mass is 32.1. The number of aromatic nitrogens is 1. The van der Waals surface area contributed by atoms with Gasteiger partial charge in [-0.2, -0.15) is 0 Å². The van der Waals surface area contributed by atoms with Crippen molar-refractivity contribution >= 4 is 17.2 Å². The molecule has 1 amide bonds. The van der Waals surface area contributed by atoms with E-state index < -0.39 is 0 Å². The predicted octanol–water partition coefficient (Wildman–Crippen LogP) is 2.98. The molecule has 0 aliphatic carbocycles. The van der Waals surface area contributed by atoms with Crippen LogP contribution in [0.1, 0.15) is 30.0 Å². The fourth-order valence-corrected chi connectivity index (χ4v) is 2.98. The quantitative estimate of drug-likeness (QED) is 0.853. The number of carbonyl (C=O) groups excluding carboxylic acids is 1. The van der Waals surface area contributed by atoms with Crippen LogP contribution in [0.2, 0.25) is 0 Å². The number of carbonyl (C=O) groups is 1. The Hall–Kier alpha value is -1.79. The predicted molar refractivity (Wildman–Crippen MR) is 86.0 cm³/mol. The largest absolute Gasteiger partial charge is 0.346 e. The van der Waals surface area contributed by atoms with Crippen molar-refractivity contribution in [2.45, 2.75) is 25.9 Å². The molecule has 2 rings (SSSR count). The van der Waals surface area contributed by atoms with Gasteiger partial charge in [0, 0.05) is 23.7 Å². The van der Waals surface area contributed by atoms with Gasteiger partial charge >= 0.3 is 0 Å². The fraction of sp³-hybridized carbons (Fsp3) is 0.375. The Balaban J connectivity index is 1.87. The zero-order valence-electron chi connectivity index (χ0n) is 12.8. The van der Waals surface area contributed by atoms with E-state index in [0.29, 0.717) is 12.1 Å². The van der Waals surface area contributed by atoms with Gasteiger partial charge in [0.1, 0.15) is 10.8 Å². The van der Waals surface area contributed by atoms with E-state index in [1.165, 1.54) is 17.4 Å². The summed E-state index contributed by atoms with van der Waals surface area (Å²) in [4.78, 5) is 18.2. The molecular weight excluding hydrogens is 301 g/mol. The Morgan fingerprint density at radius 3 is 2.86 bits per heavy atom. The average molecular weight is 321 g/mol. The van der Waals surface area contributed by atoms with Crippen molar-refractivity contribution in [3.8, 4) is 0 Å². The molecule has 1 heterocycles. The number of benzene rings is 1. The van der Waals surface area contributed by atoms with E-state index >= 15 is 0 Å². The van der Waals surface area contributed by atoms with Gasteiger partial charge in [-0.1, -0.05) is 25.1 Å². The maximum absolute atomic E-state index is 13.6.